The third-order valence-electron chi connectivity index (χ3n) is 3.40. The van der Waals surface area contributed by atoms with Gasteiger partial charge in [-0.25, -0.2) is 9.78 Å². The topological polar surface area (TPSA) is 65.5 Å². The maximum absolute atomic E-state index is 12.3. The number of rotatable bonds is 7. The maximum Gasteiger partial charge on any atom is 0.345 e. The summed E-state index contributed by atoms with van der Waals surface area (Å²) in [6, 6.07) is 9.49. The normalized spacial score (nSPS) is 10.3. The molecule has 0 aliphatic heterocycles. The van der Waals surface area contributed by atoms with Crippen molar-refractivity contribution in [2.24, 2.45) is 0 Å². The second kappa shape index (κ2) is 8.45. The molecule has 0 aliphatic rings. The van der Waals surface area contributed by atoms with Crippen LogP contribution in [-0.4, -0.2) is 23.8 Å². The smallest absolute Gasteiger partial charge is 0.345 e. The number of aromatic nitrogens is 1. The van der Waals surface area contributed by atoms with Crippen molar-refractivity contribution in [3.63, 3.8) is 0 Å². The standard InChI is InChI=1S/C18H18ClNO4/c1-3-23-18(22)15-16(24-11-13-7-5-4-6-8-13)14(9-10-21)12(2)20-17(15)19/h4-8,10H,3,9,11H2,1-2H3. The minimum absolute atomic E-state index is 0.00339. The Morgan fingerprint density at radius 1 is 1.29 bits per heavy atom. The Hall–Kier alpha value is -2.40. The largest absolute Gasteiger partial charge is 0.488 e. The minimum Gasteiger partial charge on any atom is -0.488 e. The van der Waals surface area contributed by atoms with Gasteiger partial charge in [0.2, 0.25) is 0 Å². The number of ether oxygens (including phenoxy) is 2. The highest BCUT2D eigenvalue weighted by Crippen LogP contribution is 2.33. The summed E-state index contributed by atoms with van der Waals surface area (Å²) < 4.78 is 10.9. The Morgan fingerprint density at radius 3 is 2.62 bits per heavy atom. The molecular weight excluding hydrogens is 330 g/mol. The van der Waals surface area contributed by atoms with Crippen molar-refractivity contribution < 1.29 is 19.1 Å². The van der Waals surface area contributed by atoms with Gasteiger partial charge < -0.3 is 14.3 Å². The summed E-state index contributed by atoms with van der Waals surface area (Å²) in [5, 5.41) is 0.00339. The van der Waals surface area contributed by atoms with Gasteiger partial charge in [0, 0.05) is 17.7 Å². The Labute approximate surface area is 145 Å². The van der Waals surface area contributed by atoms with Gasteiger partial charge in [-0.05, 0) is 19.4 Å². The van der Waals surface area contributed by atoms with E-state index in [1.165, 1.54) is 0 Å². The molecule has 0 unspecified atom stereocenters. The average Bonchev–Trinajstić information content (AvgIpc) is 2.56. The fourth-order valence-electron chi connectivity index (χ4n) is 2.27. The zero-order valence-corrected chi connectivity index (χ0v) is 14.3. The fourth-order valence-corrected chi connectivity index (χ4v) is 2.56. The van der Waals surface area contributed by atoms with Gasteiger partial charge in [0.1, 0.15) is 29.4 Å². The number of halogens is 1. The number of esters is 1. The van der Waals surface area contributed by atoms with Crippen LogP contribution in [0.3, 0.4) is 0 Å². The number of nitrogens with zero attached hydrogens (tertiary/aromatic N) is 1. The Bertz CT molecular complexity index is 732. The molecule has 0 N–H and O–H groups in total. The number of benzene rings is 1. The third kappa shape index (κ3) is 4.11. The highest BCUT2D eigenvalue weighted by molar-refractivity contribution is 6.32. The van der Waals surface area contributed by atoms with Crippen LogP contribution in [0.15, 0.2) is 30.3 Å². The quantitative estimate of drug-likeness (QED) is 0.435. The van der Waals surface area contributed by atoms with Crippen LogP contribution < -0.4 is 4.74 Å². The highest BCUT2D eigenvalue weighted by Gasteiger charge is 2.25. The molecular formula is C18H18ClNO4. The first-order valence-electron chi connectivity index (χ1n) is 7.54. The fraction of sp³-hybridized carbons (Fsp3) is 0.278. The predicted octanol–water partition coefficient (Wildman–Crippen LogP) is 3.54. The van der Waals surface area contributed by atoms with Gasteiger partial charge in [0.25, 0.3) is 0 Å². The molecule has 0 saturated carbocycles. The minimum atomic E-state index is -0.620. The number of hydrogen-bond donors (Lipinski definition) is 0. The van der Waals surface area contributed by atoms with Crippen LogP contribution in [0.5, 0.6) is 5.75 Å². The van der Waals surface area contributed by atoms with Gasteiger partial charge in [-0.15, -0.1) is 0 Å². The molecule has 0 fully saturated rings. The summed E-state index contributed by atoms with van der Waals surface area (Å²) in [5.74, 6) is -0.368. The number of pyridine rings is 1. The number of carbonyl (C=O) groups excluding carboxylic acids is 2. The molecule has 0 atom stereocenters. The molecule has 5 nitrogen and oxygen atoms in total. The van der Waals surface area contributed by atoms with E-state index in [4.69, 9.17) is 21.1 Å². The molecule has 0 bridgehead atoms. The van der Waals surface area contributed by atoms with Crippen molar-refractivity contribution in [3.05, 3.63) is 57.9 Å². The lowest BCUT2D eigenvalue weighted by Gasteiger charge is -2.17. The van der Waals surface area contributed by atoms with Crippen LogP contribution in [-0.2, 0) is 22.6 Å². The van der Waals surface area contributed by atoms with Crippen LogP contribution >= 0.6 is 11.6 Å². The molecule has 0 spiro atoms. The van der Waals surface area contributed by atoms with E-state index < -0.39 is 5.97 Å². The molecule has 2 aromatic rings. The molecule has 0 radical (unpaired) electrons. The lowest BCUT2D eigenvalue weighted by Crippen LogP contribution is -2.13. The highest BCUT2D eigenvalue weighted by atomic mass is 35.5. The van der Waals surface area contributed by atoms with Crippen molar-refractivity contribution in [2.75, 3.05) is 6.61 Å². The molecule has 24 heavy (non-hydrogen) atoms. The summed E-state index contributed by atoms with van der Waals surface area (Å²) in [5.41, 5.74) is 2.06. The molecule has 1 aromatic carbocycles. The van der Waals surface area contributed by atoms with Crippen molar-refractivity contribution in [1.29, 1.82) is 0 Å². The van der Waals surface area contributed by atoms with Gasteiger partial charge in [0.05, 0.1) is 6.61 Å². The van der Waals surface area contributed by atoms with E-state index in [1.54, 1.807) is 13.8 Å². The second-order valence-corrected chi connectivity index (χ2v) is 5.39. The molecule has 6 heteroatoms. The Kier molecular flexibility index (Phi) is 6.32. The van der Waals surface area contributed by atoms with E-state index in [9.17, 15) is 9.59 Å². The van der Waals surface area contributed by atoms with Crippen LogP contribution in [0.25, 0.3) is 0 Å². The maximum atomic E-state index is 12.3. The van der Waals surface area contributed by atoms with Crippen molar-refractivity contribution in [3.8, 4) is 5.75 Å². The zero-order valence-electron chi connectivity index (χ0n) is 13.5. The van der Waals surface area contributed by atoms with E-state index in [2.05, 4.69) is 4.98 Å². The average molecular weight is 348 g/mol. The first kappa shape index (κ1) is 17.9. The molecule has 126 valence electrons. The summed E-state index contributed by atoms with van der Waals surface area (Å²) in [4.78, 5) is 27.4. The van der Waals surface area contributed by atoms with Crippen LogP contribution in [0.1, 0.15) is 34.1 Å². The van der Waals surface area contributed by atoms with E-state index in [0.717, 1.165) is 11.8 Å². The lowest BCUT2D eigenvalue weighted by molar-refractivity contribution is -0.107. The van der Waals surface area contributed by atoms with E-state index >= 15 is 0 Å². The summed E-state index contributed by atoms with van der Waals surface area (Å²) in [7, 11) is 0. The monoisotopic (exact) mass is 347 g/mol. The van der Waals surface area contributed by atoms with Crippen LogP contribution in [0, 0.1) is 6.92 Å². The van der Waals surface area contributed by atoms with Gasteiger partial charge >= 0.3 is 5.97 Å². The Balaban J connectivity index is 2.46. The Morgan fingerprint density at radius 2 is 2.00 bits per heavy atom. The molecule has 0 amide bonds. The van der Waals surface area contributed by atoms with E-state index in [0.29, 0.717) is 11.3 Å². The lowest BCUT2D eigenvalue weighted by atomic mass is 10.1. The predicted molar refractivity (Wildman–Crippen MR) is 90.5 cm³/mol. The molecule has 0 saturated heterocycles. The third-order valence-corrected chi connectivity index (χ3v) is 3.68. The van der Waals surface area contributed by atoms with Crippen molar-refractivity contribution in [1.82, 2.24) is 4.98 Å². The van der Waals surface area contributed by atoms with Crippen LogP contribution in [0.4, 0.5) is 0 Å². The van der Waals surface area contributed by atoms with E-state index in [-0.39, 0.29) is 36.1 Å². The molecule has 0 aliphatic carbocycles. The SMILES string of the molecule is CCOC(=O)c1c(Cl)nc(C)c(CC=O)c1OCc1ccccc1. The molecule has 2 rings (SSSR count). The summed E-state index contributed by atoms with van der Waals surface area (Å²) >= 11 is 6.14. The van der Waals surface area contributed by atoms with Crippen LogP contribution in [0.2, 0.25) is 5.15 Å². The zero-order chi connectivity index (χ0) is 17.5. The molecule has 1 aromatic heterocycles. The van der Waals surface area contributed by atoms with Gasteiger partial charge in [-0.3, -0.25) is 0 Å². The number of hydrogen-bond acceptors (Lipinski definition) is 5. The van der Waals surface area contributed by atoms with Gasteiger partial charge in [0.15, 0.2) is 0 Å². The first-order chi connectivity index (χ1) is 11.6. The van der Waals surface area contributed by atoms with Crippen molar-refractivity contribution in [2.45, 2.75) is 26.9 Å². The van der Waals surface area contributed by atoms with E-state index in [1.807, 2.05) is 30.3 Å². The second-order valence-electron chi connectivity index (χ2n) is 5.04. The number of aldehydes is 1. The van der Waals surface area contributed by atoms with Gasteiger partial charge in [-0.1, -0.05) is 41.9 Å². The first-order valence-corrected chi connectivity index (χ1v) is 7.92. The van der Waals surface area contributed by atoms with Gasteiger partial charge in [-0.2, -0.15) is 0 Å². The van der Waals surface area contributed by atoms with Crippen molar-refractivity contribution >= 4 is 23.9 Å². The molecule has 1 heterocycles. The number of carbonyl (C=O) groups is 2. The number of aryl methyl sites for hydroxylation is 1. The summed E-state index contributed by atoms with van der Waals surface area (Å²) in [6.45, 7) is 3.85. The summed E-state index contributed by atoms with van der Waals surface area (Å²) in [6.07, 6.45) is 0.814.